The Labute approximate surface area is 118 Å². The minimum absolute atomic E-state index is 0.0225. The van der Waals surface area contributed by atoms with Crippen molar-refractivity contribution in [1.29, 1.82) is 0 Å². The number of hydrogen-bond acceptors (Lipinski definition) is 5. The van der Waals surface area contributed by atoms with Crippen LogP contribution in [0.15, 0.2) is 30.5 Å². The Balaban J connectivity index is 2.34. The summed E-state index contributed by atoms with van der Waals surface area (Å²) in [7, 11) is 3.30. The number of nitrogens with zero attached hydrogens (tertiary/aromatic N) is 1. The van der Waals surface area contributed by atoms with Crippen LogP contribution in [-0.4, -0.2) is 43.6 Å². The molecule has 0 aliphatic rings. The Kier molecular flexibility index (Phi) is 5.15. The molecule has 5 nitrogen and oxygen atoms in total. The Morgan fingerprint density at radius 3 is 2.80 bits per heavy atom. The molecule has 1 aromatic heterocycles. The van der Waals surface area contributed by atoms with E-state index >= 15 is 0 Å². The SMILES string of the molecule is COCC(CCO)Nc1nccc2c(OC)cccc12. The summed E-state index contributed by atoms with van der Waals surface area (Å²) in [4.78, 5) is 4.38. The Morgan fingerprint density at radius 2 is 2.10 bits per heavy atom. The second kappa shape index (κ2) is 7.07. The number of hydrogen-bond donors (Lipinski definition) is 2. The molecule has 0 bridgehead atoms. The summed E-state index contributed by atoms with van der Waals surface area (Å²) >= 11 is 0. The van der Waals surface area contributed by atoms with Crippen LogP contribution in [0.1, 0.15) is 6.42 Å². The lowest BCUT2D eigenvalue weighted by atomic mass is 10.1. The standard InChI is InChI=1S/C15H20N2O3/c1-19-10-11(7-9-18)17-15-13-4-3-5-14(20-2)12(13)6-8-16-15/h3-6,8,11,18H,7,9-10H2,1-2H3,(H,16,17). The maximum absolute atomic E-state index is 9.10. The molecule has 1 heterocycles. The molecule has 1 atom stereocenters. The first-order chi connectivity index (χ1) is 9.80. The molecular weight excluding hydrogens is 256 g/mol. The van der Waals surface area contributed by atoms with E-state index in [1.807, 2.05) is 24.3 Å². The molecule has 2 rings (SSSR count). The highest BCUT2D eigenvalue weighted by atomic mass is 16.5. The van der Waals surface area contributed by atoms with Crippen LogP contribution in [0, 0.1) is 0 Å². The van der Waals surface area contributed by atoms with Gasteiger partial charge in [0.2, 0.25) is 0 Å². The lowest BCUT2D eigenvalue weighted by molar-refractivity contribution is 0.170. The molecule has 2 N–H and O–H groups in total. The van der Waals surface area contributed by atoms with Crippen LogP contribution >= 0.6 is 0 Å². The number of pyridine rings is 1. The Hall–Kier alpha value is -1.85. The van der Waals surface area contributed by atoms with Crippen molar-refractivity contribution in [3.05, 3.63) is 30.5 Å². The minimum Gasteiger partial charge on any atom is -0.496 e. The van der Waals surface area contributed by atoms with Gasteiger partial charge in [-0.15, -0.1) is 0 Å². The molecule has 0 saturated heterocycles. The van der Waals surface area contributed by atoms with Gasteiger partial charge in [0.15, 0.2) is 0 Å². The van der Waals surface area contributed by atoms with Gasteiger partial charge in [0.25, 0.3) is 0 Å². The Morgan fingerprint density at radius 1 is 1.25 bits per heavy atom. The van der Waals surface area contributed by atoms with Crippen LogP contribution in [0.3, 0.4) is 0 Å². The van der Waals surface area contributed by atoms with Crippen LogP contribution < -0.4 is 10.1 Å². The highest BCUT2D eigenvalue weighted by molar-refractivity contribution is 5.95. The lowest BCUT2D eigenvalue weighted by Crippen LogP contribution is -2.26. The predicted molar refractivity (Wildman–Crippen MR) is 79.3 cm³/mol. The molecule has 1 unspecified atom stereocenters. The summed E-state index contributed by atoms with van der Waals surface area (Å²) in [6.45, 7) is 0.623. The quantitative estimate of drug-likeness (QED) is 0.810. The van der Waals surface area contributed by atoms with Gasteiger partial charge in [-0.1, -0.05) is 12.1 Å². The molecule has 0 aliphatic carbocycles. The van der Waals surface area contributed by atoms with Crippen LogP contribution in [0.4, 0.5) is 5.82 Å². The molecule has 0 aliphatic heterocycles. The molecule has 0 fully saturated rings. The molecule has 0 radical (unpaired) electrons. The molecule has 0 saturated carbocycles. The normalized spacial score (nSPS) is 12.3. The van der Waals surface area contributed by atoms with Crippen LogP contribution in [0.5, 0.6) is 5.75 Å². The third kappa shape index (κ3) is 3.18. The summed E-state index contributed by atoms with van der Waals surface area (Å²) in [6.07, 6.45) is 2.35. The molecular formula is C15H20N2O3. The van der Waals surface area contributed by atoms with Gasteiger partial charge in [0.1, 0.15) is 11.6 Å². The number of aliphatic hydroxyl groups excluding tert-OH is 1. The number of rotatable bonds is 7. The van der Waals surface area contributed by atoms with Crippen molar-refractivity contribution in [2.45, 2.75) is 12.5 Å². The van der Waals surface area contributed by atoms with E-state index < -0.39 is 0 Å². The number of anilines is 1. The molecule has 2 aromatic rings. The highest BCUT2D eigenvalue weighted by Crippen LogP contribution is 2.29. The van der Waals surface area contributed by atoms with Crippen molar-refractivity contribution in [3.63, 3.8) is 0 Å². The van der Waals surface area contributed by atoms with E-state index in [9.17, 15) is 0 Å². The van der Waals surface area contributed by atoms with Gasteiger partial charge >= 0.3 is 0 Å². The first-order valence-corrected chi connectivity index (χ1v) is 6.58. The number of fused-ring (bicyclic) bond motifs is 1. The van der Waals surface area contributed by atoms with Gasteiger partial charge in [-0.2, -0.15) is 0 Å². The maximum atomic E-state index is 9.10. The predicted octanol–water partition coefficient (Wildman–Crippen LogP) is 2.05. The fraction of sp³-hybridized carbons (Fsp3) is 0.400. The number of ether oxygens (including phenoxy) is 2. The number of aliphatic hydroxyl groups is 1. The van der Waals surface area contributed by atoms with Crippen molar-refractivity contribution >= 4 is 16.6 Å². The summed E-state index contributed by atoms with van der Waals surface area (Å²) in [5.74, 6) is 1.59. The van der Waals surface area contributed by atoms with E-state index in [0.29, 0.717) is 13.0 Å². The topological polar surface area (TPSA) is 63.6 Å². The number of benzene rings is 1. The van der Waals surface area contributed by atoms with Crippen LogP contribution in [0.25, 0.3) is 10.8 Å². The van der Waals surface area contributed by atoms with E-state index in [4.69, 9.17) is 14.6 Å². The molecule has 1 aromatic carbocycles. The van der Waals surface area contributed by atoms with E-state index in [0.717, 1.165) is 22.3 Å². The first-order valence-electron chi connectivity index (χ1n) is 6.58. The minimum atomic E-state index is 0.0225. The number of methoxy groups -OCH3 is 2. The van der Waals surface area contributed by atoms with E-state index in [2.05, 4.69) is 10.3 Å². The van der Waals surface area contributed by atoms with Gasteiger partial charge in [-0.05, 0) is 18.6 Å². The van der Waals surface area contributed by atoms with Crippen molar-refractivity contribution in [2.24, 2.45) is 0 Å². The van der Waals surface area contributed by atoms with Gasteiger partial charge < -0.3 is 19.9 Å². The smallest absolute Gasteiger partial charge is 0.134 e. The van der Waals surface area contributed by atoms with Crippen molar-refractivity contribution < 1.29 is 14.6 Å². The second-order valence-electron chi connectivity index (χ2n) is 4.52. The number of aromatic nitrogens is 1. The highest BCUT2D eigenvalue weighted by Gasteiger charge is 2.12. The fourth-order valence-electron chi connectivity index (χ4n) is 2.22. The Bertz CT molecular complexity index is 554. The van der Waals surface area contributed by atoms with Crippen molar-refractivity contribution in [3.8, 4) is 5.75 Å². The molecule has 5 heteroatoms. The number of nitrogens with one attached hydrogen (secondary N) is 1. The monoisotopic (exact) mass is 276 g/mol. The largest absolute Gasteiger partial charge is 0.496 e. The average Bonchev–Trinajstić information content (AvgIpc) is 2.47. The zero-order valence-corrected chi connectivity index (χ0v) is 11.8. The van der Waals surface area contributed by atoms with Gasteiger partial charge in [-0.3, -0.25) is 0 Å². The van der Waals surface area contributed by atoms with E-state index in [-0.39, 0.29) is 12.6 Å². The van der Waals surface area contributed by atoms with Gasteiger partial charge in [0.05, 0.1) is 19.8 Å². The third-order valence-corrected chi connectivity index (χ3v) is 3.17. The van der Waals surface area contributed by atoms with Crippen molar-refractivity contribution in [2.75, 3.05) is 32.8 Å². The zero-order valence-electron chi connectivity index (χ0n) is 11.8. The van der Waals surface area contributed by atoms with E-state index in [1.165, 1.54) is 0 Å². The summed E-state index contributed by atoms with van der Waals surface area (Å²) in [6, 6.07) is 7.80. The molecule has 0 spiro atoms. The first kappa shape index (κ1) is 14.6. The fourth-order valence-corrected chi connectivity index (χ4v) is 2.22. The average molecular weight is 276 g/mol. The summed E-state index contributed by atoms with van der Waals surface area (Å²) in [5, 5.41) is 14.4. The van der Waals surface area contributed by atoms with Crippen LogP contribution in [-0.2, 0) is 4.74 Å². The second-order valence-corrected chi connectivity index (χ2v) is 4.52. The zero-order chi connectivity index (χ0) is 14.4. The van der Waals surface area contributed by atoms with Crippen molar-refractivity contribution in [1.82, 2.24) is 4.98 Å². The summed E-state index contributed by atoms with van der Waals surface area (Å²) in [5.41, 5.74) is 0. The van der Waals surface area contributed by atoms with Crippen LogP contribution in [0.2, 0.25) is 0 Å². The lowest BCUT2D eigenvalue weighted by Gasteiger charge is -2.19. The van der Waals surface area contributed by atoms with E-state index in [1.54, 1.807) is 20.4 Å². The molecule has 108 valence electrons. The summed E-state index contributed by atoms with van der Waals surface area (Å²) < 4.78 is 10.5. The van der Waals surface area contributed by atoms with Gasteiger partial charge in [0, 0.05) is 30.7 Å². The third-order valence-electron chi connectivity index (χ3n) is 3.17. The molecule has 20 heavy (non-hydrogen) atoms. The maximum Gasteiger partial charge on any atom is 0.134 e. The van der Waals surface area contributed by atoms with Gasteiger partial charge in [-0.25, -0.2) is 4.98 Å². The molecule has 0 amide bonds.